The van der Waals surface area contributed by atoms with Gasteiger partial charge in [0.1, 0.15) is 6.10 Å². The second-order valence-electron chi connectivity index (χ2n) is 2.79. The number of carbonyl (C=O) groups is 1. The van der Waals surface area contributed by atoms with Gasteiger partial charge in [0.25, 0.3) is 0 Å². The molecule has 0 aromatic rings. The summed E-state index contributed by atoms with van der Waals surface area (Å²) in [6.07, 6.45) is 4.80. The average Bonchev–Trinajstić information content (AvgIpc) is 2.04. The van der Waals surface area contributed by atoms with Crippen molar-refractivity contribution in [2.75, 3.05) is 0 Å². The molecule has 0 aliphatic carbocycles. The number of carbonyl (C=O) groups excluding carboxylic acids is 1. The minimum atomic E-state index is -0.120. The normalized spacial score (nSPS) is 28.7. The first kappa shape index (κ1) is 8.31. The Bertz CT molecular complexity index is 182. The third-order valence-corrected chi connectivity index (χ3v) is 2.08. The highest BCUT2D eigenvalue weighted by Gasteiger charge is 2.22. The lowest BCUT2D eigenvalue weighted by atomic mass is 10.0. The van der Waals surface area contributed by atoms with Gasteiger partial charge in [0.15, 0.2) is 0 Å². The highest BCUT2D eigenvalue weighted by atomic mass is 16.5. The Morgan fingerprint density at radius 3 is 2.91 bits per heavy atom. The van der Waals surface area contributed by atoms with Crippen LogP contribution in [0.25, 0.3) is 0 Å². The van der Waals surface area contributed by atoms with Crippen LogP contribution in [0.3, 0.4) is 0 Å². The van der Waals surface area contributed by atoms with E-state index in [1.165, 1.54) is 0 Å². The van der Waals surface area contributed by atoms with Crippen LogP contribution in [-0.4, -0.2) is 12.1 Å². The Morgan fingerprint density at radius 2 is 2.45 bits per heavy atom. The molecule has 1 aliphatic heterocycles. The van der Waals surface area contributed by atoms with Crippen LogP contribution in [0.1, 0.15) is 33.1 Å². The first-order valence-electron chi connectivity index (χ1n) is 4.14. The maximum Gasteiger partial charge on any atom is 0.333 e. The van der Waals surface area contributed by atoms with Crippen LogP contribution in [0, 0.1) is 0 Å². The van der Waals surface area contributed by atoms with E-state index in [2.05, 4.69) is 0 Å². The van der Waals surface area contributed by atoms with Crippen molar-refractivity contribution in [1.29, 1.82) is 0 Å². The van der Waals surface area contributed by atoms with E-state index in [0.29, 0.717) is 0 Å². The number of cyclic esters (lactones) is 1. The molecule has 1 unspecified atom stereocenters. The van der Waals surface area contributed by atoms with Gasteiger partial charge in [0.05, 0.1) is 0 Å². The van der Waals surface area contributed by atoms with Crippen molar-refractivity contribution in [2.45, 2.75) is 39.2 Å². The second kappa shape index (κ2) is 3.56. The Balaban J connectivity index is 2.55. The fourth-order valence-electron chi connectivity index (χ4n) is 1.25. The van der Waals surface area contributed by atoms with Crippen LogP contribution < -0.4 is 0 Å². The van der Waals surface area contributed by atoms with E-state index in [9.17, 15) is 4.79 Å². The van der Waals surface area contributed by atoms with Crippen molar-refractivity contribution < 1.29 is 9.53 Å². The van der Waals surface area contributed by atoms with Gasteiger partial charge in [-0.2, -0.15) is 0 Å². The first-order chi connectivity index (χ1) is 5.27. The molecule has 0 bridgehead atoms. The van der Waals surface area contributed by atoms with E-state index in [4.69, 9.17) is 4.74 Å². The quantitative estimate of drug-likeness (QED) is 0.427. The summed E-state index contributed by atoms with van der Waals surface area (Å²) < 4.78 is 5.13. The maximum absolute atomic E-state index is 11.1. The van der Waals surface area contributed by atoms with Crippen LogP contribution in [-0.2, 0) is 9.53 Å². The Hall–Kier alpha value is -0.790. The molecule has 1 heterocycles. The second-order valence-corrected chi connectivity index (χ2v) is 2.79. The lowest BCUT2D eigenvalue weighted by Gasteiger charge is -2.22. The van der Waals surface area contributed by atoms with E-state index in [1.54, 1.807) is 0 Å². The van der Waals surface area contributed by atoms with E-state index >= 15 is 0 Å². The van der Waals surface area contributed by atoms with Crippen LogP contribution in [0.5, 0.6) is 0 Å². The number of ether oxygens (including phenoxy) is 1. The van der Waals surface area contributed by atoms with Gasteiger partial charge < -0.3 is 4.74 Å². The van der Waals surface area contributed by atoms with Gasteiger partial charge in [-0.3, -0.25) is 0 Å². The van der Waals surface area contributed by atoms with Gasteiger partial charge in [-0.15, -0.1) is 0 Å². The van der Waals surface area contributed by atoms with Crippen molar-refractivity contribution in [3.05, 3.63) is 11.6 Å². The molecule has 0 aromatic carbocycles. The third-order valence-electron chi connectivity index (χ3n) is 2.08. The van der Waals surface area contributed by atoms with Crippen LogP contribution in [0.2, 0.25) is 0 Å². The number of allylic oxidation sites excluding steroid dienone is 1. The number of rotatable bonds is 1. The topological polar surface area (TPSA) is 26.3 Å². The monoisotopic (exact) mass is 154 g/mol. The molecule has 0 aromatic heterocycles. The van der Waals surface area contributed by atoms with Gasteiger partial charge in [0, 0.05) is 5.57 Å². The lowest BCUT2D eigenvalue weighted by molar-refractivity contribution is -0.147. The fourth-order valence-corrected chi connectivity index (χ4v) is 1.25. The molecule has 1 atom stereocenters. The number of esters is 1. The fraction of sp³-hybridized carbons (Fsp3) is 0.667. The lowest BCUT2D eigenvalue weighted by Crippen LogP contribution is -2.24. The molecule has 2 heteroatoms. The predicted molar refractivity (Wildman–Crippen MR) is 43.2 cm³/mol. The van der Waals surface area contributed by atoms with Crippen molar-refractivity contribution in [3.8, 4) is 0 Å². The predicted octanol–water partition coefficient (Wildman–Crippen LogP) is 2.05. The summed E-state index contributed by atoms with van der Waals surface area (Å²) in [5.74, 6) is -0.120. The molecule has 0 radical (unpaired) electrons. The minimum Gasteiger partial charge on any atom is -0.459 e. The highest BCUT2D eigenvalue weighted by molar-refractivity contribution is 5.89. The zero-order chi connectivity index (χ0) is 8.27. The zero-order valence-electron chi connectivity index (χ0n) is 7.09. The van der Waals surface area contributed by atoms with Gasteiger partial charge in [-0.05, 0) is 26.2 Å². The van der Waals surface area contributed by atoms with Gasteiger partial charge in [0.2, 0.25) is 0 Å². The van der Waals surface area contributed by atoms with E-state index in [0.717, 1.165) is 24.8 Å². The van der Waals surface area contributed by atoms with Crippen molar-refractivity contribution in [3.63, 3.8) is 0 Å². The smallest absolute Gasteiger partial charge is 0.333 e. The summed E-state index contributed by atoms with van der Waals surface area (Å²) in [5.41, 5.74) is 0.828. The summed E-state index contributed by atoms with van der Waals surface area (Å²) >= 11 is 0. The van der Waals surface area contributed by atoms with Crippen LogP contribution in [0.15, 0.2) is 11.6 Å². The first-order valence-corrected chi connectivity index (χ1v) is 4.14. The zero-order valence-corrected chi connectivity index (χ0v) is 7.09. The van der Waals surface area contributed by atoms with E-state index in [1.807, 2.05) is 19.9 Å². The van der Waals surface area contributed by atoms with Gasteiger partial charge in [-0.25, -0.2) is 4.79 Å². The summed E-state index contributed by atoms with van der Waals surface area (Å²) in [6.45, 7) is 3.92. The molecule has 0 spiro atoms. The van der Waals surface area contributed by atoms with E-state index in [-0.39, 0.29) is 12.1 Å². The molecule has 1 saturated heterocycles. The minimum absolute atomic E-state index is 0.120. The number of hydrogen-bond donors (Lipinski definition) is 0. The summed E-state index contributed by atoms with van der Waals surface area (Å²) in [4.78, 5) is 11.1. The molecular weight excluding hydrogens is 140 g/mol. The Labute approximate surface area is 67.2 Å². The molecule has 1 fully saturated rings. The van der Waals surface area contributed by atoms with Crippen molar-refractivity contribution in [1.82, 2.24) is 0 Å². The molecule has 0 saturated carbocycles. The summed E-state index contributed by atoms with van der Waals surface area (Å²) in [7, 11) is 0. The standard InChI is InChI=1S/C9H14O2/c1-3-7-5-6-8(4-2)11-9(7)10/h3,8H,4-6H2,1-2H3/b7-3+. The van der Waals surface area contributed by atoms with Crippen molar-refractivity contribution in [2.24, 2.45) is 0 Å². The SMILES string of the molecule is C/C=C1\CCC(CC)OC1=O. The van der Waals surface area contributed by atoms with E-state index < -0.39 is 0 Å². The van der Waals surface area contributed by atoms with Crippen molar-refractivity contribution >= 4 is 5.97 Å². The molecule has 0 amide bonds. The van der Waals surface area contributed by atoms with Crippen LogP contribution >= 0.6 is 0 Å². The molecule has 1 aliphatic rings. The molecular formula is C9H14O2. The van der Waals surface area contributed by atoms with Gasteiger partial charge in [-0.1, -0.05) is 13.0 Å². The molecule has 2 nitrogen and oxygen atoms in total. The van der Waals surface area contributed by atoms with Crippen LogP contribution in [0.4, 0.5) is 0 Å². The largest absolute Gasteiger partial charge is 0.459 e. The van der Waals surface area contributed by atoms with Gasteiger partial charge >= 0.3 is 5.97 Å². The maximum atomic E-state index is 11.1. The molecule has 0 N–H and O–H groups in total. The number of hydrogen-bond acceptors (Lipinski definition) is 2. The third kappa shape index (κ3) is 1.82. The summed E-state index contributed by atoms with van der Waals surface area (Å²) in [5, 5.41) is 0. The molecule has 62 valence electrons. The molecule has 11 heavy (non-hydrogen) atoms. The molecule has 1 rings (SSSR count). The highest BCUT2D eigenvalue weighted by Crippen LogP contribution is 2.20. The average molecular weight is 154 g/mol. The Kier molecular flexibility index (Phi) is 2.69. The summed E-state index contributed by atoms with van der Waals surface area (Å²) in [6, 6.07) is 0. The Morgan fingerprint density at radius 1 is 1.73 bits per heavy atom.